The van der Waals surface area contributed by atoms with Gasteiger partial charge in [0.2, 0.25) is 0 Å². The smallest absolute Gasteiger partial charge is 0.197 e. The van der Waals surface area contributed by atoms with E-state index in [1.54, 1.807) is 12.1 Å². The molecule has 17 heavy (non-hydrogen) atoms. The molecule has 2 rings (SSSR count). The third-order valence-corrected chi connectivity index (χ3v) is 3.47. The third-order valence-electron chi connectivity index (χ3n) is 2.29. The van der Waals surface area contributed by atoms with E-state index in [-0.39, 0.29) is 16.4 Å². The second-order valence-electron chi connectivity index (χ2n) is 3.43. The zero-order valence-corrected chi connectivity index (χ0v) is 11.5. The molecular weight excluding hydrogens is 353 g/mol. The summed E-state index contributed by atoms with van der Waals surface area (Å²) in [5, 5.41) is 0.279. The number of ketones is 1. The zero-order valence-electron chi connectivity index (χ0n) is 8.58. The van der Waals surface area contributed by atoms with Gasteiger partial charge in [0.15, 0.2) is 5.78 Å². The minimum atomic E-state index is -0.595. The Kier molecular flexibility index (Phi) is 3.79. The highest BCUT2D eigenvalue weighted by atomic mass is 127. The SMILES string of the molecule is O=C(c1ccc(Cl)cc1F)c1ccccc1I. The molecule has 0 N–H and O–H groups in total. The monoisotopic (exact) mass is 360 g/mol. The zero-order chi connectivity index (χ0) is 12.4. The Labute approximate surface area is 117 Å². The van der Waals surface area contributed by atoms with E-state index in [9.17, 15) is 9.18 Å². The maximum absolute atomic E-state index is 13.6. The maximum Gasteiger partial charge on any atom is 0.197 e. The minimum Gasteiger partial charge on any atom is -0.288 e. The quantitative estimate of drug-likeness (QED) is 0.576. The molecule has 0 saturated heterocycles. The largest absolute Gasteiger partial charge is 0.288 e. The second-order valence-corrected chi connectivity index (χ2v) is 5.03. The topological polar surface area (TPSA) is 17.1 Å². The van der Waals surface area contributed by atoms with Crippen molar-refractivity contribution in [2.24, 2.45) is 0 Å². The van der Waals surface area contributed by atoms with E-state index in [2.05, 4.69) is 22.6 Å². The summed E-state index contributed by atoms with van der Waals surface area (Å²) >= 11 is 7.70. The molecule has 0 bridgehead atoms. The van der Waals surface area contributed by atoms with Crippen molar-refractivity contribution >= 4 is 40.0 Å². The van der Waals surface area contributed by atoms with Gasteiger partial charge in [0.05, 0.1) is 5.56 Å². The van der Waals surface area contributed by atoms with Crippen molar-refractivity contribution in [3.05, 3.63) is 68.0 Å². The van der Waals surface area contributed by atoms with Gasteiger partial charge < -0.3 is 0 Å². The summed E-state index contributed by atoms with van der Waals surface area (Å²) in [6.07, 6.45) is 0. The highest BCUT2D eigenvalue weighted by Gasteiger charge is 2.16. The molecule has 0 atom stereocenters. The lowest BCUT2D eigenvalue weighted by Gasteiger charge is -2.05. The van der Waals surface area contributed by atoms with Gasteiger partial charge in [-0.2, -0.15) is 0 Å². The molecule has 0 radical (unpaired) electrons. The lowest BCUT2D eigenvalue weighted by Crippen LogP contribution is -2.06. The van der Waals surface area contributed by atoms with Gasteiger partial charge in [-0.05, 0) is 52.9 Å². The van der Waals surface area contributed by atoms with Crippen molar-refractivity contribution in [1.29, 1.82) is 0 Å². The minimum absolute atomic E-state index is 0.0403. The summed E-state index contributed by atoms with van der Waals surface area (Å²) < 4.78 is 14.4. The third kappa shape index (κ3) is 2.66. The molecule has 0 amide bonds. The van der Waals surface area contributed by atoms with Gasteiger partial charge in [0, 0.05) is 14.2 Å². The van der Waals surface area contributed by atoms with Crippen LogP contribution >= 0.6 is 34.2 Å². The number of hydrogen-bond donors (Lipinski definition) is 0. The average Bonchev–Trinajstić information content (AvgIpc) is 2.29. The van der Waals surface area contributed by atoms with Crippen molar-refractivity contribution < 1.29 is 9.18 Å². The van der Waals surface area contributed by atoms with Gasteiger partial charge in [-0.15, -0.1) is 0 Å². The Morgan fingerprint density at radius 2 is 1.82 bits per heavy atom. The standard InChI is InChI=1S/C13H7ClFIO/c14-8-5-6-9(11(15)7-8)13(17)10-3-1-2-4-12(10)16/h1-7H. The molecule has 0 aliphatic carbocycles. The fourth-order valence-corrected chi connectivity index (χ4v) is 2.26. The van der Waals surface area contributed by atoms with Crippen LogP contribution in [0.4, 0.5) is 4.39 Å². The summed E-state index contributed by atoms with van der Waals surface area (Å²) in [5.41, 5.74) is 0.535. The van der Waals surface area contributed by atoms with Crippen LogP contribution in [0.25, 0.3) is 0 Å². The van der Waals surface area contributed by atoms with Crippen LogP contribution in [0.2, 0.25) is 5.02 Å². The number of hydrogen-bond acceptors (Lipinski definition) is 1. The van der Waals surface area contributed by atoms with E-state index >= 15 is 0 Å². The van der Waals surface area contributed by atoms with E-state index < -0.39 is 5.82 Å². The van der Waals surface area contributed by atoms with E-state index in [0.717, 1.165) is 9.64 Å². The number of halogens is 3. The molecule has 0 heterocycles. The lowest BCUT2D eigenvalue weighted by atomic mass is 10.0. The van der Waals surface area contributed by atoms with Crippen molar-refractivity contribution in [3.63, 3.8) is 0 Å². The highest BCUT2D eigenvalue weighted by Crippen LogP contribution is 2.20. The molecule has 2 aromatic carbocycles. The Morgan fingerprint density at radius 3 is 2.47 bits per heavy atom. The fraction of sp³-hybridized carbons (Fsp3) is 0. The predicted octanol–water partition coefficient (Wildman–Crippen LogP) is 4.31. The first-order chi connectivity index (χ1) is 8.09. The van der Waals surface area contributed by atoms with Crippen LogP contribution in [0.1, 0.15) is 15.9 Å². The molecule has 1 nitrogen and oxygen atoms in total. The van der Waals surface area contributed by atoms with E-state index in [4.69, 9.17) is 11.6 Å². The van der Waals surface area contributed by atoms with Crippen molar-refractivity contribution in [1.82, 2.24) is 0 Å². The fourth-order valence-electron chi connectivity index (χ4n) is 1.46. The summed E-state index contributed by atoms with van der Waals surface area (Å²) in [5.74, 6) is -0.925. The van der Waals surface area contributed by atoms with Crippen LogP contribution < -0.4 is 0 Å². The van der Waals surface area contributed by atoms with Gasteiger partial charge in [-0.3, -0.25) is 4.79 Å². The Bertz CT molecular complexity index is 583. The molecule has 0 aliphatic heterocycles. The summed E-state index contributed by atoms with van der Waals surface area (Å²) in [4.78, 5) is 12.1. The molecule has 0 fully saturated rings. The summed E-state index contributed by atoms with van der Waals surface area (Å²) in [6, 6.07) is 11.1. The predicted molar refractivity (Wildman–Crippen MR) is 74.0 cm³/mol. The van der Waals surface area contributed by atoms with Gasteiger partial charge in [-0.1, -0.05) is 23.7 Å². The van der Waals surface area contributed by atoms with Crippen molar-refractivity contribution in [2.45, 2.75) is 0 Å². The van der Waals surface area contributed by atoms with Gasteiger partial charge in [-0.25, -0.2) is 4.39 Å². The first-order valence-electron chi connectivity index (χ1n) is 4.84. The highest BCUT2D eigenvalue weighted by molar-refractivity contribution is 14.1. The molecule has 4 heteroatoms. The van der Waals surface area contributed by atoms with Gasteiger partial charge in [0.25, 0.3) is 0 Å². The summed E-state index contributed by atoms with van der Waals surface area (Å²) in [7, 11) is 0. The van der Waals surface area contributed by atoms with E-state index in [1.165, 1.54) is 12.1 Å². The van der Waals surface area contributed by atoms with Crippen LogP contribution in [-0.2, 0) is 0 Å². The normalized spacial score (nSPS) is 10.3. The van der Waals surface area contributed by atoms with Crippen LogP contribution in [0, 0.1) is 9.39 Å². The average molecular weight is 361 g/mol. The molecule has 0 unspecified atom stereocenters. The van der Waals surface area contributed by atoms with E-state index in [0.29, 0.717) is 5.56 Å². The lowest BCUT2D eigenvalue weighted by molar-refractivity contribution is 0.103. The molecule has 0 saturated carbocycles. The Morgan fingerprint density at radius 1 is 1.12 bits per heavy atom. The maximum atomic E-state index is 13.6. The molecule has 2 aromatic rings. The van der Waals surface area contributed by atoms with E-state index in [1.807, 2.05) is 12.1 Å². The molecule has 86 valence electrons. The first kappa shape index (κ1) is 12.5. The Hall–Kier alpha value is -0.940. The van der Waals surface area contributed by atoms with Crippen LogP contribution in [0.3, 0.4) is 0 Å². The summed E-state index contributed by atoms with van der Waals surface area (Å²) in [6.45, 7) is 0. The second kappa shape index (κ2) is 5.14. The Balaban J connectivity index is 2.48. The van der Waals surface area contributed by atoms with Crippen LogP contribution in [0.5, 0.6) is 0 Å². The number of benzene rings is 2. The first-order valence-corrected chi connectivity index (χ1v) is 6.29. The van der Waals surface area contributed by atoms with Crippen LogP contribution in [0.15, 0.2) is 42.5 Å². The molecular formula is C13H7ClFIO. The van der Waals surface area contributed by atoms with Crippen molar-refractivity contribution in [3.8, 4) is 0 Å². The molecule has 0 aromatic heterocycles. The van der Waals surface area contributed by atoms with Crippen LogP contribution in [-0.4, -0.2) is 5.78 Å². The molecule has 0 aliphatic rings. The van der Waals surface area contributed by atoms with Gasteiger partial charge >= 0.3 is 0 Å². The molecule has 0 spiro atoms. The van der Waals surface area contributed by atoms with Crippen molar-refractivity contribution in [2.75, 3.05) is 0 Å². The number of rotatable bonds is 2. The number of carbonyl (C=O) groups excluding carboxylic acids is 1. The number of carbonyl (C=O) groups is 1. The van der Waals surface area contributed by atoms with Gasteiger partial charge in [0.1, 0.15) is 5.82 Å².